The average Bonchev–Trinajstić information content (AvgIpc) is 2.73. The van der Waals surface area contributed by atoms with E-state index >= 15 is 0 Å². The van der Waals surface area contributed by atoms with Gasteiger partial charge >= 0.3 is 5.97 Å². The summed E-state index contributed by atoms with van der Waals surface area (Å²) in [5, 5.41) is 12.1. The van der Waals surface area contributed by atoms with Gasteiger partial charge in [-0.15, -0.1) is 0 Å². The molecule has 0 unspecified atom stereocenters. The molecule has 7 nitrogen and oxygen atoms in total. The second-order valence-corrected chi connectivity index (χ2v) is 6.89. The van der Waals surface area contributed by atoms with Gasteiger partial charge in [0, 0.05) is 31.6 Å². The van der Waals surface area contributed by atoms with Crippen LogP contribution in [0.25, 0.3) is 0 Å². The summed E-state index contributed by atoms with van der Waals surface area (Å²) < 4.78 is 16.4. The number of amides is 1. The van der Waals surface area contributed by atoms with Gasteiger partial charge in [0.25, 0.3) is 5.91 Å². The van der Waals surface area contributed by atoms with E-state index in [4.69, 9.17) is 14.2 Å². The average molecular weight is 399 g/mol. The van der Waals surface area contributed by atoms with Crippen molar-refractivity contribution >= 4 is 17.6 Å². The van der Waals surface area contributed by atoms with Gasteiger partial charge in [-0.1, -0.05) is 18.2 Å². The number of carbonyl (C=O) groups is 2. The number of carboxylic acids is 1. The predicted molar refractivity (Wildman–Crippen MR) is 107 cm³/mol. The Morgan fingerprint density at radius 1 is 1.14 bits per heavy atom. The van der Waals surface area contributed by atoms with Crippen LogP contribution in [-0.4, -0.2) is 43.4 Å². The predicted octanol–water partition coefficient (Wildman–Crippen LogP) is 3.48. The molecule has 2 N–H and O–H groups in total. The van der Waals surface area contributed by atoms with Gasteiger partial charge in [0.2, 0.25) is 0 Å². The molecule has 1 amide bonds. The summed E-state index contributed by atoms with van der Waals surface area (Å²) in [6.07, 6.45) is 1.82. The molecule has 1 heterocycles. The number of nitrogens with one attached hydrogen (secondary N) is 1. The smallest absolute Gasteiger partial charge is 0.335 e. The molecule has 0 bridgehead atoms. The number of carbonyl (C=O) groups excluding carboxylic acids is 1. The van der Waals surface area contributed by atoms with E-state index in [1.807, 2.05) is 12.1 Å². The van der Waals surface area contributed by atoms with E-state index in [1.54, 1.807) is 18.2 Å². The second-order valence-electron chi connectivity index (χ2n) is 6.89. The van der Waals surface area contributed by atoms with Crippen molar-refractivity contribution in [3.63, 3.8) is 0 Å². The number of ether oxygens (including phenoxy) is 3. The van der Waals surface area contributed by atoms with Gasteiger partial charge in [-0.3, -0.25) is 4.79 Å². The Labute approximate surface area is 169 Å². The minimum absolute atomic E-state index is 0.0889. The van der Waals surface area contributed by atoms with Crippen LogP contribution in [0.15, 0.2) is 42.5 Å². The Morgan fingerprint density at radius 2 is 1.90 bits per heavy atom. The first-order valence-corrected chi connectivity index (χ1v) is 9.51. The largest absolute Gasteiger partial charge is 0.478 e. The van der Waals surface area contributed by atoms with Gasteiger partial charge in [-0.05, 0) is 48.2 Å². The number of benzene rings is 2. The first-order valence-electron chi connectivity index (χ1n) is 9.51. The SMILES string of the molecule is COCc1cc(NC(=O)c2ccccc2COC2CCOCC2)cc(C(=O)O)c1. The zero-order valence-electron chi connectivity index (χ0n) is 16.3. The quantitative estimate of drug-likeness (QED) is 0.706. The molecule has 1 aliphatic rings. The number of hydrogen-bond donors (Lipinski definition) is 2. The summed E-state index contributed by atoms with van der Waals surface area (Å²) in [4.78, 5) is 24.2. The molecular formula is C22H25NO6. The van der Waals surface area contributed by atoms with Gasteiger partial charge in [0.15, 0.2) is 0 Å². The number of anilines is 1. The molecule has 0 saturated carbocycles. The van der Waals surface area contributed by atoms with Crippen LogP contribution in [0.3, 0.4) is 0 Å². The fourth-order valence-corrected chi connectivity index (χ4v) is 3.25. The van der Waals surface area contributed by atoms with Crippen LogP contribution >= 0.6 is 0 Å². The van der Waals surface area contributed by atoms with Crippen LogP contribution < -0.4 is 5.32 Å². The van der Waals surface area contributed by atoms with Gasteiger partial charge in [0.1, 0.15) is 0 Å². The first-order chi connectivity index (χ1) is 14.1. The zero-order chi connectivity index (χ0) is 20.6. The van der Waals surface area contributed by atoms with E-state index in [1.165, 1.54) is 19.2 Å². The highest BCUT2D eigenvalue weighted by molar-refractivity contribution is 6.05. The molecule has 1 aliphatic heterocycles. The Kier molecular flexibility index (Phi) is 7.35. The van der Waals surface area contributed by atoms with Gasteiger partial charge in [0.05, 0.1) is 24.9 Å². The fourth-order valence-electron chi connectivity index (χ4n) is 3.25. The topological polar surface area (TPSA) is 94.1 Å². The molecule has 1 saturated heterocycles. The van der Waals surface area contributed by atoms with Crippen molar-refractivity contribution in [3.8, 4) is 0 Å². The minimum atomic E-state index is -1.07. The van der Waals surface area contributed by atoms with E-state index in [-0.39, 0.29) is 24.2 Å². The van der Waals surface area contributed by atoms with E-state index in [2.05, 4.69) is 5.32 Å². The highest BCUT2D eigenvalue weighted by atomic mass is 16.5. The molecule has 1 fully saturated rings. The third-order valence-electron chi connectivity index (χ3n) is 4.71. The highest BCUT2D eigenvalue weighted by Crippen LogP contribution is 2.20. The zero-order valence-corrected chi connectivity index (χ0v) is 16.3. The Hall–Kier alpha value is -2.74. The Bertz CT molecular complexity index is 860. The van der Waals surface area contributed by atoms with Crippen molar-refractivity contribution in [1.29, 1.82) is 0 Å². The van der Waals surface area contributed by atoms with Crippen molar-refractivity contribution in [3.05, 3.63) is 64.7 Å². The summed E-state index contributed by atoms with van der Waals surface area (Å²) in [6, 6.07) is 11.9. The van der Waals surface area contributed by atoms with E-state index in [0.717, 1.165) is 18.4 Å². The fraction of sp³-hybridized carbons (Fsp3) is 0.364. The molecule has 0 radical (unpaired) electrons. The van der Waals surface area contributed by atoms with Crippen LogP contribution in [0.2, 0.25) is 0 Å². The Morgan fingerprint density at radius 3 is 2.62 bits per heavy atom. The lowest BCUT2D eigenvalue weighted by Crippen LogP contribution is -2.24. The second kappa shape index (κ2) is 10.2. The minimum Gasteiger partial charge on any atom is -0.478 e. The number of methoxy groups -OCH3 is 1. The van der Waals surface area contributed by atoms with Crippen LogP contribution in [0, 0.1) is 0 Å². The van der Waals surface area contributed by atoms with Crippen molar-refractivity contribution < 1.29 is 28.9 Å². The molecule has 3 rings (SSSR count). The van der Waals surface area contributed by atoms with Crippen LogP contribution in [0.1, 0.15) is 44.7 Å². The summed E-state index contributed by atoms with van der Waals surface area (Å²) in [6.45, 7) is 1.96. The normalized spacial score (nSPS) is 14.5. The molecule has 0 aromatic heterocycles. The van der Waals surface area contributed by atoms with Crippen molar-refractivity contribution in [2.45, 2.75) is 32.2 Å². The molecule has 154 valence electrons. The van der Waals surface area contributed by atoms with Crippen molar-refractivity contribution in [1.82, 2.24) is 0 Å². The summed E-state index contributed by atoms with van der Waals surface area (Å²) in [5.74, 6) is -1.38. The number of rotatable bonds is 8. The van der Waals surface area contributed by atoms with Crippen molar-refractivity contribution in [2.24, 2.45) is 0 Å². The summed E-state index contributed by atoms with van der Waals surface area (Å²) >= 11 is 0. The maximum Gasteiger partial charge on any atom is 0.335 e. The third-order valence-corrected chi connectivity index (χ3v) is 4.71. The lowest BCUT2D eigenvalue weighted by atomic mass is 10.1. The molecule has 0 spiro atoms. The van der Waals surface area contributed by atoms with Gasteiger partial charge in [-0.25, -0.2) is 4.79 Å². The molecule has 2 aromatic carbocycles. The molecule has 0 aliphatic carbocycles. The first kappa shape index (κ1) is 21.0. The summed E-state index contributed by atoms with van der Waals surface area (Å²) in [5.41, 5.74) is 2.43. The Balaban J connectivity index is 1.74. The van der Waals surface area contributed by atoms with Crippen molar-refractivity contribution in [2.75, 3.05) is 25.6 Å². The van der Waals surface area contributed by atoms with Crippen LogP contribution in [0.5, 0.6) is 0 Å². The van der Waals surface area contributed by atoms with Gasteiger partial charge < -0.3 is 24.6 Å². The third kappa shape index (κ3) is 5.87. The van der Waals surface area contributed by atoms with E-state index in [0.29, 0.717) is 36.6 Å². The standard InChI is InChI=1S/C22H25NO6/c1-27-13-15-10-17(22(25)26)12-18(11-15)23-21(24)20-5-3-2-4-16(20)14-29-19-6-8-28-9-7-19/h2-5,10-12,19H,6-9,13-14H2,1H3,(H,23,24)(H,25,26). The highest BCUT2D eigenvalue weighted by Gasteiger charge is 2.17. The monoisotopic (exact) mass is 399 g/mol. The lowest BCUT2D eigenvalue weighted by molar-refractivity contribution is -0.0391. The number of carboxylic acid groups (broad SMARTS) is 1. The van der Waals surface area contributed by atoms with Crippen LogP contribution in [0.4, 0.5) is 5.69 Å². The van der Waals surface area contributed by atoms with E-state index < -0.39 is 5.97 Å². The van der Waals surface area contributed by atoms with Crippen LogP contribution in [-0.2, 0) is 27.4 Å². The molecule has 2 aromatic rings. The molecular weight excluding hydrogens is 374 g/mol. The number of aromatic carboxylic acids is 1. The number of hydrogen-bond acceptors (Lipinski definition) is 5. The molecule has 0 atom stereocenters. The maximum absolute atomic E-state index is 12.9. The molecule has 29 heavy (non-hydrogen) atoms. The van der Waals surface area contributed by atoms with E-state index in [9.17, 15) is 14.7 Å². The maximum atomic E-state index is 12.9. The lowest BCUT2D eigenvalue weighted by Gasteiger charge is -2.23. The molecule has 7 heteroatoms. The van der Waals surface area contributed by atoms with Gasteiger partial charge in [-0.2, -0.15) is 0 Å². The summed E-state index contributed by atoms with van der Waals surface area (Å²) in [7, 11) is 1.53.